The number of aliphatic hydroxyl groups excluding tert-OH is 1. The van der Waals surface area contributed by atoms with Crippen molar-refractivity contribution in [3.05, 3.63) is 24.0 Å². The Morgan fingerprint density at radius 3 is 2.89 bits per heavy atom. The van der Waals surface area contributed by atoms with Crippen LogP contribution in [0.5, 0.6) is 0 Å². The summed E-state index contributed by atoms with van der Waals surface area (Å²) in [5.41, 5.74) is 1.27. The molecule has 0 unspecified atom stereocenters. The zero-order valence-electron chi connectivity index (χ0n) is 10.8. The van der Waals surface area contributed by atoms with E-state index in [1.54, 1.807) is 0 Å². The highest BCUT2D eigenvalue weighted by Gasteiger charge is 2.10. The normalized spacial score (nSPS) is 17.2. The molecule has 5 nitrogen and oxygen atoms in total. The molecule has 0 aromatic carbocycles. The summed E-state index contributed by atoms with van der Waals surface area (Å²) in [6, 6.07) is 4.21. The van der Waals surface area contributed by atoms with Gasteiger partial charge in [0.05, 0.1) is 19.8 Å². The average Bonchev–Trinajstić information content (AvgIpc) is 2.86. The van der Waals surface area contributed by atoms with Gasteiger partial charge in [-0.3, -0.25) is 4.90 Å². The van der Waals surface area contributed by atoms with Crippen LogP contribution in [-0.4, -0.2) is 60.6 Å². The number of aliphatic hydroxyl groups is 1. The Labute approximate surface area is 108 Å². The van der Waals surface area contributed by atoms with Crippen molar-refractivity contribution < 1.29 is 9.84 Å². The van der Waals surface area contributed by atoms with E-state index in [1.807, 2.05) is 0 Å². The Hall–Kier alpha value is -0.880. The van der Waals surface area contributed by atoms with Gasteiger partial charge in [0.1, 0.15) is 0 Å². The van der Waals surface area contributed by atoms with E-state index in [0.717, 1.165) is 45.9 Å². The van der Waals surface area contributed by atoms with Crippen LogP contribution in [0.2, 0.25) is 0 Å². The number of hydrogen-bond donors (Lipinski definition) is 2. The highest BCUT2D eigenvalue weighted by molar-refractivity contribution is 5.06. The molecule has 1 saturated heterocycles. The van der Waals surface area contributed by atoms with E-state index in [1.165, 1.54) is 5.69 Å². The standard InChI is InChI=1S/C13H23N3O2/c17-9-3-14-12-13-2-1-4-16(13)6-5-15-7-10-18-11-8-15/h1-2,4,14,17H,3,5-12H2. The number of nitrogens with zero attached hydrogens (tertiary/aromatic N) is 2. The van der Waals surface area contributed by atoms with Crippen LogP contribution >= 0.6 is 0 Å². The van der Waals surface area contributed by atoms with E-state index in [9.17, 15) is 0 Å². The summed E-state index contributed by atoms with van der Waals surface area (Å²) in [5, 5.41) is 12.0. The average molecular weight is 253 g/mol. The van der Waals surface area contributed by atoms with Crippen LogP contribution in [-0.2, 0) is 17.8 Å². The third-order valence-corrected chi connectivity index (χ3v) is 3.28. The molecule has 1 aliphatic heterocycles. The molecule has 0 amide bonds. The van der Waals surface area contributed by atoms with Crippen LogP contribution < -0.4 is 5.32 Å². The van der Waals surface area contributed by atoms with Gasteiger partial charge in [-0.15, -0.1) is 0 Å². The van der Waals surface area contributed by atoms with E-state index < -0.39 is 0 Å². The summed E-state index contributed by atoms with van der Waals surface area (Å²) in [7, 11) is 0. The first kappa shape index (κ1) is 13.5. The van der Waals surface area contributed by atoms with E-state index in [-0.39, 0.29) is 6.61 Å². The van der Waals surface area contributed by atoms with Gasteiger partial charge in [-0.1, -0.05) is 0 Å². The molecular formula is C13H23N3O2. The lowest BCUT2D eigenvalue weighted by atomic mass is 10.4. The predicted molar refractivity (Wildman–Crippen MR) is 70.5 cm³/mol. The monoisotopic (exact) mass is 253 g/mol. The lowest BCUT2D eigenvalue weighted by molar-refractivity contribution is 0.0363. The molecule has 1 aromatic heterocycles. The van der Waals surface area contributed by atoms with Gasteiger partial charge in [-0.2, -0.15) is 0 Å². The van der Waals surface area contributed by atoms with Crippen LogP contribution in [0.25, 0.3) is 0 Å². The first-order chi connectivity index (χ1) is 8.90. The molecule has 0 saturated carbocycles. The van der Waals surface area contributed by atoms with Gasteiger partial charge >= 0.3 is 0 Å². The van der Waals surface area contributed by atoms with Gasteiger partial charge in [0.15, 0.2) is 0 Å². The van der Waals surface area contributed by atoms with E-state index >= 15 is 0 Å². The highest BCUT2D eigenvalue weighted by Crippen LogP contribution is 2.04. The van der Waals surface area contributed by atoms with Gasteiger partial charge < -0.3 is 19.7 Å². The molecule has 2 N–H and O–H groups in total. The molecule has 1 aromatic rings. The summed E-state index contributed by atoms with van der Waals surface area (Å²) in [6.45, 7) is 7.54. The van der Waals surface area contributed by atoms with Gasteiger partial charge in [-0.25, -0.2) is 0 Å². The second-order valence-corrected chi connectivity index (χ2v) is 4.55. The van der Waals surface area contributed by atoms with Crippen LogP contribution in [0.3, 0.4) is 0 Å². The summed E-state index contributed by atoms with van der Waals surface area (Å²) < 4.78 is 7.62. The first-order valence-electron chi connectivity index (χ1n) is 6.66. The van der Waals surface area contributed by atoms with Crippen molar-refractivity contribution in [1.82, 2.24) is 14.8 Å². The molecule has 18 heavy (non-hydrogen) atoms. The van der Waals surface area contributed by atoms with Crippen molar-refractivity contribution in [3.63, 3.8) is 0 Å². The lowest BCUT2D eigenvalue weighted by Crippen LogP contribution is -2.38. The maximum Gasteiger partial charge on any atom is 0.0594 e. The molecule has 5 heteroatoms. The Morgan fingerprint density at radius 1 is 1.28 bits per heavy atom. The van der Waals surface area contributed by atoms with Crippen LogP contribution in [0.4, 0.5) is 0 Å². The molecule has 2 heterocycles. The second kappa shape index (κ2) is 7.53. The van der Waals surface area contributed by atoms with Crippen LogP contribution in [0, 0.1) is 0 Å². The molecule has 0 radical (unpaired) electrons. The van der Waals surface area contributed by atoms with E-state index in [4.69, 9.17) is 9.84 Å². The molecule has 102 valence electrons. The van der Waals surface area contributed by atoms with Gasteiger partial charge in [0.25, 0.3) is 0 Å². The number of ether oxygens (including phenoxy) is 1. The Kier molecular flexibility index (Phi) is 5.67. The van der Waals surface area contributed by atoms with Gasteiger partial charge in [-0.05, 0) is 12.1 Å². The molecule has 0 aliphatic carbocycles. The minimum Gasteiger partial charge on any atom is -0.395 e. The molecule has 0 bridgehead atoms. The van der Waals surface area contributed by atoms with Crippen molar-refractivity contribution in [2.24, 2.45) is 0 Å². The number of nitrogens with one attached hydrogen (secondary N) is 1. The summed E-state index contributed by atoms with van der Waals surface area (Å²) in [5.74, 6) is 0. The van der Waals surface area contributed by atoms with Crippen LogP contribution in [0.1, 0.15) is 5.69 Å². The quantitative estimate of drug-likeness (QED) is 0.666. The summed E-state index contributed by atoms with van der Waals surface area (Å²) >= 11 is 0. The maximum atomic E-state index is 8.75. The molecular weight excluding hydrogens is 230 g/mol. The first-order valence-corrected chi connectivity index (χ1v) is 6.66. The number of aromatic nitrogens is 1. The Morgan fingerprint density at radius 2 is 2.11 bits per heavy atom. The minimum absolute atomic E-state index is 0.189. The number of rotatable bonds is 7. The van der Waals surface area contributed by atoms with E-state index in [2.05, 4.69) is 33.1 Å². The Bertz CT molecular complexity index is 335. The van der Waals surface area contributed by atoms with E-state index in [0.29, 0.717) is 6.54 Å². The molecule has 1 aliphatic rings. The fourth-order valence-electron chi connectivity index (χ4n) is 2.20. The third-order valence-electron chi connectivity index (χ3n) is 3.28. The predicted octanol–water partition coefficient (Wildman–Crippen LogP) is -0.0978. The largest absolute Gasteiger partial charge is 0.395 e. The molecule has 1 fully saturated rings. The Balaban J connectivity index is 1.75. The van der Waals surface area contributed by atoms with Crippen molar-refractivity contribution in [2.45, 2.75) is 13.1 Å². The number of hydrogen-bond acceptors (Lipinski definition) is 4. The number of morpholine rings is 1. The van der Waals surface area contributed by atoms with Crippen molar-refractivity contribution in [3.8, 4) is 0 Å². The minimum atomic E-state index is 0.189. The molecule has 0 atom stereocenters. The smallest absolute Gasteiger partial charge is 0.0594 e. The highest BCUT2D eigenvalue weighted by atomic mass is 16.5. The summed E-state index contributed by atoms with van der Waals surface area (Å²) in [4.78, 5) is 2.44. The zero-order chi connectivity index (χ0) is 12.6. The SMILES string of the molecule is OCCNCc1cccn1CCN1CCOCC1. The van der Waals surface area contributed by atoms with Crippen molar-refractivity contribution >= 4 is 0 Å². The second-order valence-electron chi connectivity index (χ2n) is 4.55. The third kappa shape index (κ3) is 4.10. The fraction of sp³-hybridized carbons (Fsp3) is 0.692. The molecule has 0 spiro atoms. The van der Waals surface area contributed by atoms with Crippen molar-refractivity contribution in [1.29, 1.82) is 0 Å². The zero-order valence-corrected chi connectivity index (χ0v) is 10.8. The lowest BCUT2D eigenvalue weighted by Gasteiger charge is -2.27. The van der Waals surface area contributed by atoms with Gasteiger partial charge in [0.2, 0.25) is 0 Å². The fourth-order valence-corrected chi connectivity index (χ4v) is 2.20. The van der Waals surface area contributed by atoms with Crippen LogP contribution in [0.15, 0.2) is 18.3 Å². The maximum absolute atomic E-state index is 8.75. The van der Waals surface area contributed by atoms with Gasteiger partial charge in [0, 0.05) is 51.2 Å². The van der Waals surface area contributed by atoms with Crippen molar-refractivity contribution in [2.75, 3.05) is 46.0 Å². The topological polar surface area (TPSA) is 49.7 Å². The molecule has 2 rings (SSSR count). The summed E-state index contributed by atoms with van der Waals surface area (Å²) in [6.07, 6.45) is 2.12.